The molecule has 0 aromatic carbocycles. The van der Waals surface area contributed by atoms with E-state index in [9.17, 15) is 4.57 Å². The van der Waals surface area contributed by atoms with Gasteiger partial charge in [-0.2, -0.15) is 0 Å². The molecule has 5 heteroatoms. The van der Waals surface area contributed by atoms with Gasteiger partial charge >= 0.3 is 7.60 Å². The SMILES string of the molecule is Cc1cc(P(=O)(O)O)cs1. The van der Waals surface area contributed by atoms with Crippen molar-refractivity contribution in [3.8, 4) is 0 Å². The maximum Gasteiger partial charge on any atom is 0.357 e. The van der Waals surface area contributed by atoms with Gasteiger partial charge in [0.05, 0.1) is 5.30 Å². The van der Waals surface area contributed by atoms with Crippen LogP contribution in [0.5, 0.6) is 0 Å². The molecule has 3 nitrogen and oxygen atoms in total. The van der Waals surface area contributed by atoms with Crippen LogP contribution < -0.4 is 5.30 Å². The Bertz CT molecular complexity index is 274. The normalized spacial score (nSPS) is 11.9. The quantitative estimate of drug-likeness (QED) is 0.627. The molecule has 1 aromatic rings. The highest BCUT2D eigenvalue weighted by Gasteiger charge is 2.17. The van der Waals surface area contributed by atoms with Gasteiger partial charge in [0.2, 0.25) is 0 Å². The fraction of sp³-hybridized carbons (Fsp3) is 0.200. The molecule has 0 unspecified atom stereocenters. The van der Waals surface area contributed by atoms with Gasteiger partial charge in [-0.15, -0.1) is 11.3 Å². The maximum atomic E-state index is 10.5. The third-order valence-electron chi connectivity index (χ3n) is 1.05. The molecule has 0 atom stereocenters. The molecule has 0 aliphatic heterocycles. The Morgan fingerprint density at radius 3 is 2.40 bits per heavy atom. The van der Waals surface area contributed by atoms with Crippen molar-refractivity contribution in [2.45, 2.75) is 6.92 Å². The van der Waals surface area contributed by atoms with E-state index in [0.717, 1.165) is 4.88 Å². The predicted octanol–water partition coefficient (Wildman–Crippen LogP) is 0.860. The molecule has 1 heterocycles. The second-order valence-electron chi connectivity index (χ2n) is 1.96. The summed E-state index contributed by atoms with van der Waals surface area (Å²) in [6, 6.07) is 1.51. The molecule has 0 bridgehead atoms. The molecule has 0 radical (unpaired) electrons. The van der Waals surface area contributed by atoms with Crippen molar-refractivity contribution in [1.29, 1.82) is 0 Å². The molecule has 2 N–H and O–H groups in total. The first kappa shape index (κ1) is 7.95. The van der Waals surface area contributed by atoms with Crippen LogP contribution in [0.15, 0.2) is 11.4 Å². The summed E-state index contributed by atoms with van der Waals surface area (Å²) in [6.45, 7) is 1.81. The smallest absolute Gasteiger partial charge is 0.321 e. The second kappa shape index (κ2) is 2.47. The van der Waals surface area contributed by atoms with Crippen LogP contribution in [0.4, 0.5) is 0 Å². The van der Waals surface area contributed by atoms with Gasteiger partial charge in [0, 0.05) is 10.3 Å². The fourth-order valence-corrected chi connectivity index (χ4v) is 2.31. The van der Waals surface area contributed by atoms with Gasteiger partial charge in [0.1, 0.15) is 0 Å². The Labute approximate surface area is 62.5 Å². The van der Waals surface area contributed by atoms with Crippen LogP contribution in [0.2, 0.25) is 0 Å². The lowest BCUT2D eigenvalue weighted by molar-refractivity contribution is 0.387. The molecule has 0 aliphatic rings. The van der Waals surface area contributed by atoms with E-state index in [-0.39, 0.29) is 5.30 Å². The monoisotopic (exact) mass is 178 g/mol. The van der Waals surface area contributed by atoms with E-state index in [0.29, 0.717) is 0 Å². The van der Waals surface area contributed by atoms with Crippen LogP contribution in [-0.2, 0) is 4.57 Å². The molecule has 56 valence electrons. The lowest BCUT2D eigenvalue weighted by Gasteiger charge is -1.96. The molecular weight excluding hydrogens is 171 g/mol. The first-order chi connectivity index (χ1) is 4.50. The van der Waals surface area contributed by atoms with Crippen molar-refractivity contribution in [1.82, 2.24) is 0 Å². The molecule has 10 heavy (non-hydrogen) atoms. The van der Waals surface area contributed by atoms with Crippen LogP contribution in [0.3, 0.4) is 0 Å². The van der Waals surface area contributed by atoms with Gasteiger partial charge in [-0.3, -0.25) is 4.57 Å². The Balaban J connectivity index is 3.08. The van der Waals surface area contributed by atoms with E-state index in [1.54, 1.807) is 0 Å². The van der Waals surface area contributed by atoms with Gasteiger partial charge in [-0.25, -0.2) is 0 Å². The maximum absolute atomic E-state index is 10.5. The Hall–Kier alpha value is -0.150. The number of rotatable bonds is 1. The highest BCUT2D eigenvalue weighted by atomic mass is 32.1. The molecule has 0 saturated carbocycles. The van der Waals surface area contributed by atoms with Crippen molar-refractivity contribution >= 4 is 24.2 Å². The minimum Gasteiger partial charge on any atom is -0.321 e. The van der Waals surface area contributed by atoms with E-state index >= 15 is 0 Å². The van der Waals surface area contributed by atoms with E-state index in [1.807, 2.05) is 6.92 Å². The summed E-state index contributed by atoms with van der Waals surface area (Å²) in [6.07, 6.45) is 0. The lowest BCUT2D eigenvalue weighted by Crippen LogP contribution is -1.97. The zero-order valence-electron chi connectivity index (χ0n) is 5.31. The van der Waals surface area contributed by atoms with Crippen LogP contribution in [0, 0.1) is 6.92 Å². The van der Waals surface area contributed by atoms with Gasteiger partial charge in [-0.1, -0.05) is 0 Å². The average molecular weight is 178 g/mol. The average Bonchev–Trinajstić information content (AvgIpc) is 2.11. The summed E-state index contributed by atoms with van der Waals surface area (Å²) in [4.78, 5) is 18.2. The van der Waals surface area contributed by atoms with Gasteiger partial charge in [-0.05, 0) is 13.0 Å². The number of hydrogen-bond donors (Lipinski definition) is 2. The summed E-state index contributed by atoms with van der Waals surface area (Å²) >= 11 is 1.34. The Morgan fingerprint density at radius 2 is 2.20 bits per heavy atom. The fourth-order valence-electron chi connectivity index (χ4n) is 0.582. The van der Waals surface area contributed by atoms with Crippen molar-refractivity contribution in [2.24, 2.45) is 0 Å². The van der Waals surface area contributed by atoms with Crippen molar-refractivity contribution < 1.29 is 14.4 Å². The van der Waals surface area contributed by atoms with Crippen molar-refractivity contribution in [3.63, 3.8) is 0 Å². The van der Waals surface area contributed by atoms with Crippen molar-refractivity contribution in [2.75, 3.05) is 0 Å². The minimum atomic E-state index is -3.99. The van der Waals surface area contributed by atoms with E-state index in [2.05, 4.69) is 0 Å². The van der Waals surface area contributed by atoms with Crippen LogP contribution in [0.25, 0.3) is 0 Å². The highest BCUT2D eigenvalue weighted by Crippen LogP contribution is 2.34. The highest BCUT2D eigenvalue weighted by molar-refractivity contribution is 7.60. The van der Waals surface area contributed by atoms with E-state index < -0.39 is 7.60 Å². The predicted molar refractivity (Wildman–Crippen MR) is 40.7 cm³/mol. The molecule has 1 rings (SSSR count). The largest absolute Gasteiger partial charge is 0.357 e. The van der Waals surface area contributed by atoms with Crippen LogP contribution in [0.1, 0.15) is 4.88 Å². The molecule has 0 amide bonds. The first-order valence-corrected chi connectivity index (χ1v) is 5.10. The molecule has 1 aromatic heterocycles. The number of aryl methyl sites for hydroxylation is 1. The standard InChI is InChI=1S/C5H7O3PS/c1-4-2-5(3-10-4)9(6,7)8/h2-3H,1H3,(H2,6,7,8). The Morgan fingerprint density at radius 1 is 1.60 bits per heavy atom. The van der Waals surface area contributed by atoms with Gasteiger partial charge in [0.15, 0.2) is 0 Å². The summed E-state index contributed by atoms with van der Waals surface area (Å²) in [5.41, 5.74) is 0. The van der Waals surface area contributed by atoms with Gasteiger partial charge in [0.25, 0.3) is 0 Å². The van der Waals surface area contributed by atoms with Crippen LogP contribution >= 0.6 is 18.9 Å². The molecule has 0 aliphatic carbocycles. The second-order valence-corrected chi connectivity index (χ2v) is 4.68. The van der Waals surface area contributed by atoms with E-state index in [1.165, 1.54) is 22.8 Å². The minimum absolute atomic E-state index is 0.120. The third-order valence-corrected chi connectivity index (χ3v) is 3.02. The number of hydrogen-bond acceptors (Lipinski definition) is 2. The van der Waals surface area contributed by atoms with Gasteiger partial charge < -0.3 is 9.79 Å². The zero-order valence-corrected chi connectivity index (χ0v) is 7.02. The molecular formula is C5H7O3PS. The third kappa shape index (κ3) is 1.67. The van der Waals surface area contributed by atoms with Crippen molar-refractivity contribution in [3.05, 3.63) is 16.3 Å². The number of thiophene rings is 1. The summed E-state index contributed by atoms with van der Waals surface area (Å²) < 4.78 is 10.5. The van der Waals surface area contributed by atoms with E-state index in [4.69, 9.17) is 9.79 Å². The topological polar surface area (TPSA) is 57.5 Å². The summed E-state index contributed by atoms with van der Waals surface area (Å²) in [5, 5.41) is 1.60. The molecule has 0 spiro atoms. The molecule has 0 fully saturated rings. The summed E-state index contributed by atoms with van der Waals surface area (Å²) in [5.74, 6) is 0. The first-order valence-electron chi connectivity index (χ1n) is 2.61. The zero-order chi connectivity index (χ0) is 7.78. The lowest BCUT2D eigenvalue weighted by atomic mass is 10.5. The molecule has 0 saturated heterocycles. The summed E-state index contributed by atoms with van der Waals surface area (Å²) in [7, 11) is -3.99. The Kier molecular flexibility index (Phi) is 1.97. The van der Waals surface area contributed by atoms with Crippen LogP contribution in [-0.4, -0.2) is 9.79 Å².